The number of carboxylic acids is 1. The first-order valence-electron chi connectivity index (χ1n) is 7.57. The van der Waals surface area contributed by atoms with Gasteiger partial charge in [-0.1, -0.05) is 0 Å². The van der Waals surface area contributed by atoms with E-state index in [0.717, 1.165) is 0 Å². The van der Waals surface area contributed by atoms with Gasteiger partial charge in [-0.25, -0.2) is 4.79 Å². The molecule has 0 radical (unpaired) electrons. The average molecular weight is 365 g/mol. The zero-order valence-electron chi connectivity index (χ0n) is 13.5. The molecule has 0 aromatic rings. The predicted molar refractivity (Wildman–Crippen MR) is 79.0 cm³/mol. The van der Waals surface area contributed by atoms with Crippen molar-refractivity contribution in [3.05, 3.63) is 0 Å². The molecule has 1 saturated heterocycles. The van der Waals surface area contributed by atoms with Crippen molar-refractivity contribution in [2.45, 2.75) is 62.4 Å². The van der Waals surface area contributed by atoms with E-state index in [-0.39, 0.29) is 18.6 Å². The summed E-state index contributed by atoms with van der Waals surface area (Å²) in [5.41, 5.74) is 0. The minimum Gasteiger partial charge on any atom is -0.479 e. The average Bonchev–Trinajstić information content (AvgIpc) is 2.53. The number of rotatable bonds is 8. The Morgan fingerprint density at radius 1 is 1.28 bits per heavy atom. The number of hydrogen-bond acceptors (Lipinski definition) is 9. The molecule has 1 heterocycles. The lowest BCUT2D eigenvalue weighted by Gasteiger charge is -2.45. The molecule has 144 valence electrons. The van der Waals surface area contributed by atoms with Gasteiger partial charge >= 0.3 is 5.97 Å². The van der Waals surface area contributed by atoms with Crippen LogP contribution in [-0.4, -0.2) is 91.2 Å². The van der Waals surface area contributed by atoms with Gasteiger partial charge in [0.2, 0.25) is 5.91 Å². The van der Waals surface area contributed by atoms with Crippen LogP contribution in [0, 0.1) is 0 Å². The van der Waals surface area contributed by atoms with Crippen LogP contribution in [0.2, 0.25) is 0 Å². The van der Waals surface area contributed by atoms with Crippen LogP contribution >= 0.6 is 0 Å². The van der Waals surface area contributed by atoms with Crippen molar-refractivity contribution in [3.8, 4) is 0 Å². The molecule has 1 unspecified atom stereocenters. The van der Waals surface area contributed by atoms with E-state index < -0.39 is 61.1 Å². The van der Waals surface area contributed by atoms with Crippen molar-refractivity contribution in [2.24, 2.45) is 0 Å². The number of ketones is 1. The first kappa shape index (κ1) is 21.4. The molecule has 25 heavy (non-hydrogen) atoms. The van der Waals surface area contributed by atoms with E-state index in [1.54, 1.807) is 0 Å². The molecule has 11 nitrogen and oxygen atoms in total. The molecule has 1 aliphatic rings. The standard InChI is InChI=1S/C14H23NO10/c1-6(17)2-3-8(19)15-9-7(18)4-14(24,5-16)25-12(9)10(20)11(21)13(22)23/h7,9-12,16,18,20-21,24H,2-5H2,1H3,(H,15,19)(H,22,23)/t7-,9+,10+,11-,12+,14?/m0/s1. The van der Waals surface area contributed by atoms with E-state index in [1.165, 1.54) is 6.92 Å². The minimum atomic E-state index is -2.32. The van der Waals surface area contributed by atoms with Gasteiger partial charge in [0.15, 0.2) is 11.9 Å². The molecule has 1 amide bonds. The Labute approximate surface area is 142 Å². The van der Waals surface area contributed by atoms with Gasteiger partial charge in [-0.3, -0.25) is 4.79 Å². The maximum Gasteiger partial charge on any atom is 0.335 e. The summed E-state index contributed by atoms with van der Waals surface area (Å²) in [7, 11) is 0. The van der Waals surface area contributed by atoms with E-state index in [0.29, 0.717) is 0 Å². The van der Waals surface area contributed by atoms with Crippen molar-refractivity contribution in [1.29, 1.82) is 0 Å². The highest BCUT2D eigenvalue weighted by Gasteiger charge is 2.50. The Morgan fingerprint density at radius 2 is 1.88 bits per heavy atom. The number of Topliss-reactive ketones (excluding diaryl/α,β-unsaturated/α-hetero) is 1. The monoisotopic (exact) mass is 365 g/mol. The molecule has 0 spiro atoms. The van der Waals surface area contributed by atoms with Crippen LogP contribution in [0.15, 0.2) is 0 Å². The van der Waals surface area contributed by atoms with E-state index in [9.17, 15) is 34.8 Å². The lowest BCUT2D eigenvalue weighted by atomic mass is 9.88. The fourth-order valence-corrected chi connectivity index (χ4v) is 2.48. The molecule has 0 saturated carbocycles. The van der Waals surface area contributed by atoms with Crippen LogP contribution in [0.5, 0.6) is 0 Å². The Kier molecular flexibility index (Phi) is 7.41. The Hall–Kier alpha value is -1.63. The van der Waals surface area contributed by atoms with Gasteiger partial charge in [0.05, 0.1) is 18.8 Å². The number of amides is 1. The van der Waals surface area contributed by atoms with Gasteiger partial charge < -0.3 is 45.5 Å². The topological polar surface area (TPSA) is 194 Å². The number of aliphatic hydroxyl groups is 5. The number of ether oxygens (including phenoxy) is 1. The molecule has 6 atom stereocenters. The maximum absolute atomic E-state index is 11.9. The third-order valence-corrected chi connectivity index (χ3v) is 3.84. The highest BCUT2D eigenvalue weighted by molar-refractivity contribution is 5.83. The van der Waals surface area contributed by atoms with E-state index in [2.05, 4.69) is 5.32 Å². The SMILES string of the molecule is CC(=O)CCC(=O)N[C@H]1[C@H]([C@H](O)[C@H](O)C(=O)O)OC(O)(CO)C[C@@H]1O. The summed E-state index contributed by atoms with van der Waals surface area (Å²) >= 11 is 0. The van der Waals surface area contributed by atoms with Crippen molar-refractivity contribution in [2.75, 3.05) is 6.61 Å². The Morgan fingerprint density at radius 3 is 2.36 bits per heavy atom. The zero-order chi connectivity index (χ0) is 19.4. The first-order valence-corrected chi connectivity index (χ1v) is 7.57. The van der Waals surface area contributed by atoms with Gasteiger partial charge in [-0.15, -0.1) is 0 Å². The van der Waals surface area contributed by atoms with Gasteiger partial charge in [-0.2, -0.15) is 0 Å². The summed E-state index contributed by atoms with van der Waals surface area (Å²) in [6, 6.07) is -1.38. The van der Waals surface area contributed by atoms with Crippen molar-refractivity contribution < 1.29 is 49.8 Å². The third-order valence-electron chi connectivity index (χ3n) is 3.84. The lowest BCUT2D eigenvalue weighted by Crippen LogP contribution is -2.66. The summed E-state index contributed by atoms with van der Waals surface area (Å²) in [4.78, 5) is 33.6. The van der Waals surface area contributed by atoms with Crippen molar-refractivity contribution in [3.63, 3.8) is 0 Å². The molecular formula is C14H23NO10. The number of aliphatic carboxylic acids is 1. The molecule has 1 rings (SSSR count). The smallest absolute Gasteiger partial charge is 0.335 e. The van der Waals surface area contributed by atoms with Crippen LogP contribution in [0.25, 0.3) is 0 Å². The molecule has 0 aliphatic carbocycles. The molecule has 1 fully saturated rings. The highest BCUT2D eigenvalue weighted by Crippen LogP contribution is 2.30. The normalized spacial score (nSPS) is 31.8. The second-order valence-corrected chi connectivity index (χ2v) is 6.03. The third kappa shape index (κ3) is 5.70. The van der Waals surface area contributed by atoms with Crippen LogP contribution < -0.4 is 5.32 Å². The molecular weight excluding hydrogens is 342 g/mol. The molecule has 11 heteroatoms. The molecule has 0 aromatic carbocycles. The summed E-state index contributed by atoms with van der Waals surface area (Å²) in [5.74, 6) is -5.00. The molecule has 0 bridgehead atoms. The van der Waals surface area contributed by atoms with Crippen molar-refractivity contribution >= 4 is 17.7 Å². The summed E-state index contributed by atoms with van der Waals surface area (Å²) in [5, 5.41) is 59.8. The number of carboxylic acid groups (broad SMARTS) is 1. The Bertz CT molecular complexity index is 512. The molecule has 0 aromatic heterocycles. The number of hydrogen-bond donors (Lipinski definition) is 7. The second kappa shape index (κ2) is 8.65. The number of carbonyl (C=O) groups is 3. The highest BCUT2D eigenvalue weighted by atomic mass is 16.7. The number of aliphatic hydroxyl groups excluding tert-OH is 4. The predicted octanol–water partition coefficient (Wildman–Crippen LogP) is -3.52. The maximum atomic E-state index is 11.9. The van der Waals surface area contributed by atoms with E-state index >= 15 is 0 Å². The van der Waals surface area contributed by atoms with E-state index in [1.807, 2.05) is 0 Å². The van der Waals surface area contributed by atoms with Crippen LogP contribution in [-0.2, 0) is 19.1 Å². The van der Waals surface area contributed by atoms with Crippen LogP contribution in [0.4, 0.5) is 0 Å². The Balaban J connectivity index is 2.98. The lowest BCUT2D eigenvalue weighted by molar-refractivity contribution is -0.311. The molecule has 7 N–H and O–H groups in total. The van der Waals surface area contributed by atoms with Gasteiger partial charge in [0, 0.05) is 19.3 Å². The summed E-state index contributed by atoms with van der Waals surface area (Å²) in [6.07, 6.45) is -8.51. The number of carbonyl (C=O) groups excluding carboxylic acids is 2. The van der Waals surface area contributed by atoms with Gasteiger partial charge in [0.1, 0.15) is 18.0 Å². The second-order valence-electron chi connectivity index (χ2n) is 6.03. The first-order chi connectivity index (χ1) is 11.5. The van der Waals surface area contributed by atoms with Gasteiger partial charge in [-0.05, 0) is 6.92 Å². The minimum absolute atomic E-state index is 0.0684. The molecule has 1 aliphatic heterocycles. The van der Waals surface area contributed by atoms with Crippen molar-refractivity contribution in [1.82, 2.24) is 5.32 Å². The fraction of sp³-hybridized carbons (Fsp3) is 0.786. The largest absolute Gasteiger partial charge is 0.479 e. The number of nitrogens with one attached hydrogen (secondary N) is 1. The quantitative estimate of drug-likeness (QED) is 0.226. The van der Waals surface area contributed by atoms with E-state index in [4.69, 9.17) is 14.9 Å². The fourth-order valence-electron chi connectivity index (χ4n) is 2.48. The summed E-state index contributed by atoms with van der Waals surface area (Å²) in [6.45, 7) is 0.310. The van der Waals surface area contributed by atoms with Crippen LogP contribution in [0.3, 0.4) is 0 Å². The van der Waals surface area contributed by atoms with Gasteiger partial charge in [0.25, 0.3) is 0 Å². The summed E-state index contributed by atoms with van der Waals surface area (Å²) < 4.78 is 5.06. The van der Waals surface area contributed by atoms with Crippen LogP contribution in [0.1, 0.15) is 26.2 Å². The zero-order valence-corrected chi connectivity index (χ0v) is 13.5.